The monoisotopic (exact) mass is 447 g/mol. The molecule has 1 saturated heterocycles. The van der Waals surface area contributed by atoms with Crippen LogP contribution in [0, 0.1) is 20.2 Å². The fourth-order valence-corrected chi connectivity index (χ4v) is 3.70. The average Bonchev–Trinajstić information content (AvgIpc) is 2.95. The van der Waals surface area contributed by atoms with Gasteiger partial charge in [0.15, 0.2) is 11.5 Å². The number of rotatable bonds is 6. The van der Waals surface area contributed by atoms with E-state index in [9.17, 15) is 25.0 Å². The number of non-ortho nitro benzene ring substituents is 1. The van der Waals surface area contributed by atoms with Crippen molar-refractivity contribution in [2.24, 2.45) is 0 Å². The summed E-state index contributed by atoms with van der Waals surface area (Å²) in [6.07, 6.45) is 1.64. The Bertz CT molecular complexity index is 1120. The lowest BCUT2D eigenvalue weighted by atomic mass is 10.2. The van der Waals surface area contributed by atoms with E-state index in [-0.39, 0.29) is 23.2 Å². The standard InChI is InChI=1S/C18H13N3O7S2/c1-19-17(22)16(30-18(19)29)8-10-3-5-14(15(7-10)27-2)28-13-6-4-11(20(23)24)9-12(13)21(25)26/h3-9H,1-2H3/b16-8+. The summed E-state index contributed by atoms with van der Waals surface area (Å²) in [5, 5.41) is 22.2. The molecular formula is C18H13N3O7S2. The Balaban J connectivity index is 1.93. The number of benzene rings is 2. The molecule has 0 spiro atoms. The van der Waals surface area contributed by atoms with Gasteiger partial charge in [0.1, 0.15) is 4.32 Å². The van der Waals surface area contributed by atoms with Gasteiger partial charge >= 0.3 is 5.69 Å². The highest BCUT2D eigenvalue weighted by atomic mass is 32.2. The van der Waals surface area contributed by atoms with Crippen molar-refractivity contribution in [2.75, 3.05) is 14.2 Å². The number of hydrogen-bond acceptors (Lipinski definition) is 9. The number of amides is 1. The van der Waals surface area contributed by atoms with Gasteiger partial charge in [0.2, 0.25) is 5.75 Å². The molecule has 12 heteroatoms. The van der Waals surface area contributed by atoms with E-state index in [1.807, 2.05) is 0 Å². The molecule has 2 aromatic carbocycles. The van der Waals surface area contributed by atoms with Gasteiger partial charge in [-0.1, -0.05) is 30.0 Å². The summed E-state index contributed by atoms with van der Waals surface area (Å²) in [7, 11) is 2.98. The van der Waals surface area contributed by atoms with Crippen molar-refractivity contribution in [2.45, 2.75) is 0 Å². The maximum atomic E-state index is 12.1. The number of ether oxygens (including phenoxy) is 2. The minimum Gasteiger partial charge on any atom is -0.493 e. The van der Waals surface area contributed by atoms with Crippen LogP contribution in [0.5, 0.6) is 17.2 Å². The molecule has 10 nitrogen and oxygen atoms in total. The Hall–Kier alpha value is -3.51. The van der Waals surface area contributed by atoms with Crippen LogP contribution in [0.2, 0.25) is 0 Å². The van der Waals surface area contributed by atoms with Gasteiger partial charge in [0, 0.05) is 13.1 Å². The number of carbonyl (C=O) groups excluding carboxylic acids is 1. The predicted octanol–water partition coefficient (Wildman–Crippen LogP) is 4.13. The van der Waals surface area contributed by atoms with Gasteiger partial charge in [-0.2, -0.15) is 0 Å². The number of methoxy groups -OCH3 is 1. The first-order valence-electron chi connectivity index (χ1n) is 8.21. The van der Waals surface area contributed by atoms with Crippen LogP contribution in [-0.2, 0) is 4.79 Å². The topological polar surface area (TPSA) is 125 Å². The quantitative estimate of drug-likeness (QED) is 0.278. The van der Waals surface area contributed by atoms with Crippen LogP contribution < -0.4 is 9.47 Å². The molecule has 154 valence electrons. The summed E-state index contributed by atoms with van der Waals surface area (Å²) < 4.78 is 11.3. The molecule has 0 radical (unpaired) electrons. The zero-order chi connectivity index (χ0) is 22.0. The fraction of sp³-hybridized carbons (Fsp3) is 0.111. The van der Waals surface area contributed by atoms with Crippen molar-refractivity contribution >= 4 is 51.7 Å². The van der Waals surface area contributed by atoms with Crippen LogP contribution in [0.3, 0.4) is 0 Å². The van der Waals surface area contributed by atoms with E-state index < -0.39 is 21.2 Å². The van der Waals surface area contributed by atoms with Gasteiger partial charge < -0.3 is 9.47 Å². The fourth-order valence-electron chi connectivity index (χ4n) is 2.52. The highest BCUT2D eigenvalue weighted by molar-refractivity contribution is 8.26. The average molecular weight is 447 g/mol. The van der Waals surface area contributed by atoms with E-state index in [4.69, 9.17) is 21.7 Å². The minimum absolute atomic E-state index is 0.162. The van der Waals surface area contributed by atoms with E-state index in [1.165, 1.54) is 29.8 Å². The van der Waals surface area contributed by atoms with Gasteiger partial charge in [-0.3, -0.25) is 29.9 Å². The van der Waals surface area contributed by atoms with Crippen molar-refractivity contribution in [3.63, 3.8) is 0 Å². The summed E-state index contributed by atoms with van der Waals surface area (Å²) in [6.45, 7) is 0. The van der Waals surface area contributed by atoms with Gasteiger partial charge in [-0.05, 0) is 29.8 Å². The first kappa shape index (κ1) is 21.2. The summed E-state index contributed by atoms with van der Waals surface area (Å²) in [6, 6.07) is 7.82. The molecule has 1 amide bonds. The Labute approximate surface area is 179 Å². The number of likely N-dealkylation sites (N-methyl/N-ethyl adjacent to an activating group) is 1. The molecule has 3 rings (SSSR count). The minimum atomic E-state index is -0.768. The molecule has 0 unspecified atom stereocenters. The molecule has 0 N–H and O–H groups in total. The Morgan fingerprint density at radius 1 is 1.07 bits per heavy atom. The van der Waals surface area contributed by atoms with Gasteiger partial charge in [0.25, 0.3) is 11.6 Å². The second-order valence-corrected chi connectivity index (χ2v) is 7.60. The van der Waals surface area contributed by atoms with Gasteiger partial charge in [0.05, 0.1) is 27.9 Å². The molecule has 0 atom stereocenters. The molecule has 0 aromatic heterocycles. The maximum Gasteiger partial charge on any atom is 0.318 e. The third kappa shape index (κ3) is 4.23. The van der Waals surface area contributed by atoms with Crippen molar-refractivity contribution in [1.29, 1.82) is 0 Å². The lowest BCUT2D eigenvalue weighted by Crippen LogP contribution is -2.22. The van der Waals surface area contributed by atoms with E-state index in [0.717, 1.165) is 18.2 Å². The summed E-state index contributed by atoms with van der Waals surface area (Å²) in [4.78, 5) is 34.6. The van der Waals surface area contributed by atoms with Crippen LogP contribution in [-0.4, -0.2) is 39.1 Å². The summed E-state index contributed by atoms with van der Waals surface area (Å²) in [5.74, 6) is 0.0207. The highest BCUT2D eigenvalue weighted by Gasteiger charge is 2.28. The molecule has 0 aliphatic carbocycles. The Morgan fingerprint density at radius 2 is 1.77 bits per heavy atom. The molecular weight excluding hydrogens is 434 g/mol. The second kappa shape index (κ2) is 8.47. The molecule has 2 aromatic rings. The largest absolute Gasteiger partial charge is 0.493 e. The van der Waals surface area contributed by atoms with Crippen LogP contribution in [0.15, 0.2) is 41.3 Å². The first-order chi connectivity index (χ1) is 14.2. The van der Waals surface area contributed by atoms with Gasteiger partial charge in [-0.25, -0.2) is 0 Å². The third-order valence-corrected chi connectivity index (χ3v) is 5.53. The lowest BCUT2D eigenvalue weighted by Gasteiger charge is -2.11. The SMILES string of the molecule is COc1cc(/C=C2/SC(=S)N(C)C2=O)ccc1Oc1ccc([N+](=O)[O-])cc1[N+](=O)[O-]. The molecule has 1 fully saturated rings. The number of thioether (sulfide) groups is 1. The number of hydrogen-bond donors (Lipinski definition) is 0. The number of nitrogens with zero attached hydrogens (tertiary/aromatic N) is 3. The zero-order valence-corrected chi connectivity index (χ0v) is 17.2. The summed E-state index contributed by atoms with van der Waals surface area (Å²) in [5.41, 5.74) is -0.349. The third-order valence-electron chi connectivity index (χ3n) is 4.04. The highest BCUT2D eigenvalue weighted by Crippen LogP contribution is 2.39. The van der Waals surface area contributed by atoms with Crippen LogP contribution in [0.25, 0.3) is 6.08 Å². The van der Waals surface area contributed by atoms with Crippen molar-refractivity contribution in [3.8, 4) is 17.2 Å². The zero-order valence-electron chi connectivity index (χ0n) is 15.6. The van der Waals surface area contributed by atoms with Crippen molar-refractivity contribution in [3.05, 3.63) is 67.1 Å². The molecule has 0 saturated carbocycles. The lowest BCUT2D eigenvalue weighted by molar-refractivity contribution is -0.394. The van der Waals surface area contributed by atoms with Gasteiger partial charge in [-0.15, -0.1) is 0 Å². The Kier molecular flexibility index (Phi) is 5.99. The number of nitro groups is 2. The van der Waals surface area contributed by atoms with E-state index in [1.54, 1.807) is 25.3 Å². The van der Waals surface area contributed by atoms with E-state index in [0.29, 0.717) is 14.8 Å². The Morgan fingerprint density at radius 3 is 2.33 bits per heavy atom. The van der Waals surface area contributed by atoms with E-state index >= 15 is 0 Å². The van der Waals surface area contributed by atoms with Crippen LogP contribution in [0.4, 0.5) is 11.4 Å². The molecule has 30 heavy (non-hydrogen) atoms. The number of carbonyl (C=O) groups is 1. The predicted molar refractivity (Wildman–Crippen MR) is 114 cm³/mol. The van der Waals surface area contributed by atoms with Crippen LogP contribution >= 0.6 is 24.0 Å². The molecule has 1 aliphatic rings. The molecule has 1 aliphatic heterocycles. The normalized spacial score (nSPS) is 14.9. The summed E-state index contributed by atoms with van der Waals surface area (Å²) >= 11 is 6.27. The first-order valence-corrected chi connectivity index (χ1v) is 9.44. The van der Waals surface area contributed by atoms with E-state index in [2.05, 4.69) is 0 Å². The number of nitro benzene ring substituents is 2. The molecule has 0 bridgehead atoms. The number of thiocarbonyl (C=S) groups is 1. The van der Waals surface area contributed by atoms with Crippen LogP contribution in [0.1, 0.15) is 5.56 Å². The van der Waals surface area contributed by atoms with Crippen molar-refractivity contribution < 1.29 is 24.1 Å². The maximum absolute atomic E-state index is 12.1. The molecule has 1 heterocycles. The van der Waals surface area contributed by atoms with Crippen molar-refractivity contribution in [1.82, 2.24) is 4.90 Å². The second-order valence-electron chi connectivity index (χ2n) is 5.92. The smallest absolute Gasteiger partial charge is 0.318 e.